The van der Waals surface area contributed by atoms with Crippen molar-refractivity contribution in [3.8, 4) is 5.75 Å². The lowest BCUT2D eigenvalue weighted by Crippen LogP contribution is -2.14. The largest absolute Gasteiger partial charge is 0.489 e. The minimum Gasteiger partial charge on any atom is -0.489 e. The molecule has 0 aromatic heterocycles. The van der Waals surface area contributed by atoms with E-state index in [1.807, 2.05) is 103 Å². The average Bonchev–Trinajstić information content (AvgIpc) is 2.80. The van der Waals surface area contributed by atoms with Crippen LogP contribution in [0.5, 0.6) is 5.75 Å². The Morgan fingerprint density at radius 1 is 0.700 bits per heavy atom. The molecule has 0 unspecified atom stereocenters. The molecule has 0 bridgehead atoms. The second kappa shape index (κ2) is 9.43. The zero-order valence-electron chi connectivity index (χ0n) is 16.4. The minimum absolute atomic E-state index is 0.186. The van der Waals surface area contributed by atoms with E-state index in [4.69, 9.17) is 4.74 Å². The van der Waals surface area contributed by atoms with E-state index in [2.05, 4.69) is 10.6 Å². The van der Waals surface area contributed by atoms with E-state index >= 15 is 0 Å². The van der Waals surface area contributed by atoms with Gasteiger partial charge in [-0.15, -0.1) is 0 Å². The van der Waals surface area contributed by atoms with Gasteiger partial charge in [-0.3, -0.25) is 4.79 Å². The maximum absolute atomic E-state index is 12.9. The highest BCUT2D eigenvalue weighted by molar-refractivity contribution is 6.08. The summed E-state index contributed by atoms with van der Waals surface area (Å²) in [5, 5.41) is 6.27. The molecule has 0 fully saturated rings. The van der Waals surface area contributed by atoms with E-state index < -0.39 is 0 Å². The number of carbonyl (C=O) groups is 1. The van der Waals surface area contributed by atoms with Gasteiger partial charge >= 0.3 is 0 Å². The lowest BCUT2D eigenvalue weighted by Gasteiger charge is -2.13. The van der Waals surface area contributed by atoms with Crippen LogP contribution in [0.2, 0.25) is 0 Å². The highest BCUT2D eigenvalue weighted by Gasteiger charge is 2.12. The number of hydrogen-bond acceptors (Lipinski definition) is 3. The second-order valence-corrected chi connectivity index (χ2v) is 6.79. The molecule has 4 aromatic carbocycles. The van der Waals surface area contributed by atoms with Crippen LogP contribution in [0.25, 0.3) is 0 Å². The van der Waals surface area contributed by atoms with Gasteiger partial charge in [0.1, 0.15) is 12.4 Å². The van der Waals surface area contributed by atoms with Gasteiger partial charge in [-0.2, -0.15) is 0 Å². The Hall–Kier alpha value is -4.05. The molecule has 30 heavy (non-hydrogen) atoms. The lowest BCUT2D eigenvalue weighted by atomic mass is 10.1. The van der Waals surface area contributed by atoms with E-state index in [-0.39, 0.29) is 5.91 Å². The normalized spacial score (nSPS) is 10.3. The van der Waals surface area contributed by atoms with Gasteiger partial charge in [0.2, 0.25) is 0 Å². The van der Waals surface area contributed by atoms with E-state index in [0.29, 0.717) is 23.6 Å². The molecule has 0 heterocycles. The molecule has 0 spiro atoms. The summed E-state index contributed by atoms with van der Waals surface area (Å²) in [6.07, 6.45) is 0. The summed E-state index contributed by atoms with van der Waals surface area (Å²) in [6.45, 7) is 0.474. The van der Waals surface area contributed by atoms with Crippen molar-refractivity contribution in [1.29, 1.82) is 0 Å². The van der Waals surface area contributed by atoms with Crippen LogP contribution in [0.15, 0.2) is 109 Å². The smallest absolute Gasteiger partial charge is 0.257 e. The van der Waals surface area contributed by atoms with Gasteiger partial charge in [0, 0.05) is 17.4 Å². The molecule has 4 rings (SSSR count). The Labute approximate surface area is 176 Å². The van der Waals surface area contributed by atoms with Crippen molar-refractivity contribution in [1.82, 2.24) is 0 Å². The van der Waals surface area contributed by atoms with Crippen molar-refractivity contribution < 1.29 is 9.53 Å². The van der Waals surface area contributed by atoms with Crippen LogP contribution in [0.4, 0.5) is 17.1 Å². The molecule has 0 aliphatic rings. The van der Waals surface area contributed by atoms with Crippen molar-refractivity contribution in [2.75, 3.05) is 10.6 Å². The summed E-state index contributed by atoms with van der Waals surface area (Å²) in [5.74, 6) is 0.515. The highest BCUT2D eigenvalue weighted by Crippen LogP contribution is 2.23. The van der Waals surface area contributed by atoms with Gasteiger partial charge in [-0.25, -0.2) is 0 Å². The summed E-state index contributed by atoms with van der Waals surface area (Å²) >= 11 is 0. The fourth-order valence-electron chi connectivity index (χ4n) is 3.07. The fourth-order valence-corrected chi connectivity index (χ4v) is 3.07. The van der Waals surface area contributed by atoms with Gasteiger partial charge < -0.3 is 15.4 Å². The first-order valence-electron chi connectivity index (χ1n) is 9.77. The number of hydrogen-bond donors (Lipinski definition) is 2. The molecule has 0 aliphatic carbocycles. The number of amides is 1. The molecule has 0 aliphatic heterocycles. The maximum Gasteiger partial charge on any atom is 0.257 e. The molecule has 0 saturated carbocycles. The molecule has 1 amide bonds. The molecule has 148 valence electrons. The van der Waals surface area contributed by atoms with Crippen LogP contribution in [0, 0.1) is 0 Å². The van der Waals surface area contributed by atoms with Gasteiger partial charge in [0.05, 0.1) is 11.3 Å². The highest BCUT2D eigenvalue weighted by atomic mass is 16.5. The Morgan fingerprint density at radius 3 is 2.17 bits per heavy atom. The number of nitrogens with one attached hydrogen (secondary N) is 2. The second-order valence-electron chi connectivity index (χ2n) is 6.79. The third-order valence-corrected chi connectivity index (χ3v) is 4.56. The Morgan fingerprint density at radius 2 is 1.37 bits per heavy atom. The standard InChI is InChI=1S/C26H22N2O2/c29-26(24-16-7-8-17-25(24)27-21-12-5-2-6-13-21)28-22-14-9-15-23(18-22)30-19-20-10-3-1-4-11-20/h1-18,27H,19H2,(H,28,29). The monoisotopic (exact) mass is 394 g/mol. The van der Waals surface area contributed by atoms with E-state index in [1.165, 1.54) is 0 Å². The molecule has 4 heteroatoms. The molecule has 4 aromatic rings. The number of para-hydroxylation sites is 2. The van der Waals surface area contributed by atoms with Gasteiger partial charge in [-0.1, -0.05) is 66.7 Å². The third-order valence-electron chi connectivity index (χ3n) is 4.56. The summed E-state index contributed by atoms with van der Waals surface area (Å²) in [7, 11) is 0. The summed E-state index contributed by atoms with van der Waals surface area (Å²) in [5.41, 5.74) is 4.01. The maximum atomic E-state index is 12.9. The SMILES string of the molecule is O=C(Nc1cccc(OCc2ccccc2)c1)c1ccccc1Nc1ccccc1. The van der Waals surface area contributed by atoms with Crippen LogP contribution in [0.3, 0.4) is 0 Å². The first kappa shape index (κ1) is 19.3. The Kier molecular flexibility index (Phi) is 6.06. The van der Waals surface area contributed by atoms with Crippen LogP contribution >= 0.6 is 0 Å². The number of anilines is 3. The van der Waals surface area contributed by atoms with E-state index in [0.717, 1.165) is 16.9 Å². The van der Waals surface area contributed by atoms with E-state index in [1.54, 1.807) is 6.07 Å². The topological polar surface area (TPSA) is 50.4 Å². The van der Waals surface area contributed by atoms with Crippen LogP contribution < -0.4 is 15.4 Å². The van der Waals surface area contributed by atoms with Crippen LogP contribution in [0.1, 0.15) is 15.9 Å². The molecule has 2 N–H and O–H groups in total. The molecule has 0 saturated heterocycles. The molecular weight excluding hydrogens is 372 g/mol. The van der Waals surface area contributed by atoms with Crippen molar-refractivity contribution in [2.45, 2.75) is 6.61 Å². The molecule has 4 nitrogen and oxygen atoms in total. The molecular formula is C26H22N2O2. The first-order chi connectivity index (χ1) is 14.8. The lowest BCUT2D eigenvalue weighted by molar-refractivity contribution is 0.102. The summed E-state index contributed by atoms with van der Waals surface area (Å²) in [6, 6.07) is 34.6. The number of carbonyl (C=O) groups excluding carboxylic acids is 1. The predicted octanol–water partition coefficient (Wildman–Crippen LogP) is 6.26. The predicted molar refractivity (Wildman–Crippen MR) is 121 cm³/mol. The zero-order chi connectivity index (χ0) is 20.6. The van der Waals surface area contributed by atoms with Crippen molar-refractivity contribution >= 4 is 23.0 Å². The fraction of sp³-hybridized carbons (Fsp3) is 0.0385. The Balaban J connectivity index is 1.45. The van der Waals surface area contributed by atoms with E-state index in [9.17, 15) is 4.79 Å². The zero-order valence-corrected chi connectivity index (χ0v) is 16.4. The summed E-state index contributed by atoms with van der Waals surface area (Å²) < 4.78 is 5.86. The van der Waals surface area contributed by atoms with Crippen molar-refractivity contribution in [2.24, 2.45) is 0 Å². The van der Waals surface area contributed by atoms with Gasteiger partial charge in [0.25, 0.3) is 5.91 Å². The molecule has 0 radical (unpaired) electrons. The third kappa shape index (κ3) is 5.06. The van der Waals surface area contributed by atoms with Gasteiger partial charge in [0.15, 0.2) is 0 Å². The number of rotatable bonds is 7. The molecule has 0 atom stereocenters. The van der Waals surface area contributed by atoms with Crippen LogP contribution in [-0.2, 0) is 6.61 Å². The summed E-state index contributed by atoms with van der Waals surface area (Å²) in [4.78, 5) is 12.9. The minimum atomic E-state index is -0.186. The quantitative estimate of drug-likeness (QED) is 0.389. The van der Waals surface area contributed by atoms with Crippen molar-refractivity contribution in [3.63, 3.8) is 0 Å². The van der Waals surface area contributed by atoms with Gasteiger partial charge in [-0.05, 0) is 42.0 Å². The first-order valence-corrected chi connectivity index (χ1v) is 9.77. The number of benzene rings is 4. The Bertz CT molecular complexity index is 1110. The van der Waals surface area contributed by atoms with Crippen LogP contribution in [-0.4, -0.2) is 5.91 Å². The van der Waals surface area contributed by atoms with Crippen molar-refractivity contribution in [3.05, 3.63) is 120 Å². The number of ether oxygens (including phenoxy) is 1. The average molecular weight is 394 g/mol.